The molecule has 14 heavy (non-hydrogen) atoms. The monoisotopic (exact) mass is 200 g/mol. The lowest BCUT2D eigenvalue weighted by atomic mass is 10.0. The molecule has 0 radical (unpaired) electrons. The molecule has 0 aliphatic carbocycles. The van der Waals surface area contributed by atoms with Crippen molar-refractivity contribution in [2.24, 2.45) is 11.7 Å². The summed E-state index contributed by atoms with van der Waals surface area (Å²) in [5, 5.41) is 0. The summed E-state index contributed by atoms with van der Waals surface area (Å²) in [5.41, 5.74) is 5.72. The molecular formula is C12H28N2. The second-order valence-electron chi connectivity index (χ2n) is 5.05. The first kappa shape index (κ1) is 13.9. The normalized spacial score (nSPS) is 16.3. The van der Waals surface area contributed by atoms with Crippen LogP contribution < -0.4 is 5.73 Å². The zero-order valence-electron chi connectivity index (χ0n) is 10.6. The molecule has 2 unspecified atom stereocenters. The van der Waals surface area contributed by atoms with Crippen LogP contribution in [0, 0.1) is 5.92 Å². The summed E-state index contributed by atoms with van der Waals surface area (Å²) in [6, 6.07) is 1.02. The number of hydrogen-bond acceptors (Lipinski definition) is 2. The van der Waals surface area contributed by atoms with Gasteiger partial charge in [-0.3, -0.25) is 0 Å². The van der Waals surface area contributed by atoms with Gasteiger partial charge in [-0.1, -0.05) is 13.3 Å². The van der Waals surface area contributed by atoms with E-state index in [1.54, 1.807) is 0 Å². The largest absolute Gasteiger partial charge is 0.328 e. The van der Waals surface area contributed by atoms with Crippen molar-refractivity contribution in [2.75, 3.05) is 13.6 Å². The molecule has 2 heteroatoms. The summed E-state index contributed by atoms with van der Waals surface area (Å²) < 4.78 is 0. The first-order chi connectivity index (χ1) is 6.43. The van der Waals surface area contributed by atoms with Crippen LogP contribution in [0.3, 0.4) is 0 Å². The van der Waals surface area contributed by atoms with Gasteiger partial charge in [0.2, 0.25) is 0 Å². The molecule has 0 amide bonds. The average molecular weight is 200 g/mol. The highest BCUT2D eigenvalue weighted by molar-refractivity contribution is 4.63. The van der Waals surface area contributed by atoms with Crippen molar-refractivity contribution in [1.82, 2.24) is 4.90 Å². The van der Waals surface area contributed by atoms with Crippen molar-refractivity contribution >= 4 is 0 Å². The van der Waals surface area contributed by atoms with E-state index in [0.717, 1.165) is 12.3 Å². The maximum atomic E-state index is 5.72. The van der Waals surface area contributed by atoms with Gasteiger partial charge in [0.05, 0.1) is 0 Å². The Morgan fingerprint density at radius 1 is 1.07 bits per heavy atom. The van der Waals surface area contributed by atoms with Gasteiger partial charge < -0.3 is 10.6 Å². The number of hydrogen-bond donors (Lipinski definition) is 1. The number of nitrogens with two attached hydrogens (primary N) is 1. The lowest BCUT2D eigenvalue weighted by Gasteiger charge is -2.24. The average Bonchev–Trinajstić information content (AvgIpc) is 2.02. The van der Waals surface area contributed by atoms with E-state index in [-0.39, 0.29) is 0 Å². The molecule has 0 heterocycles. The Morgan fingerprint density at radius 3 is 2.07 bits per heavy atom. The molecule has 0 bridgehead atoms. The zero-order chi connectivity index (χ0) is 11.1. The van der Waals surface area contributed by atoms with Gasteiger partial charge in [-0.15, -0.1) is 0 Å². The van der Waals surface area contributed by atoms with Gasteiger partial charge in [0, 0.05) is 18.6 Å². The lowest BCUT2D eigenvalue weighted by molar-refractivity contribution is 0.229. The van der Waals surface area contributed by atoms with Gasteiger partial charge in [0.1, 0.15) is 0 Å². The number of nitrogens with zero attached hydrogens (tertiary/aromatic N) is 1. The molecule has 0 rings (SSSR count). The fourth-order valence-corrected chi connectivity index (χ4v) is 1.58. The molecule has 0 aliphatic rings. The number of rotatable bonds is 7. The van der Waals surface area contributed by atoms with Crippen LogP contribution in [0.1, 0.15) is 47.0 Å². The SMILES string of the molecule is CC(N)CCCC(C)CN(C)C(C)C. The lowest BCUT2D eigenvalue weighted by Crippen LogP contribution is -2.30. The van der Waals surface area contributed by atoms with Gasteiger partial charge in [-0.2, -0.15) is 0 Å². The summed E-state index contributed by atoms with van der Waals surface area (Å²) in [4.78, 5) is 2.41. The second-order valence-corrected chi connectivity index (χ2v) is 5.05. The van der Waals surface area contributed by atoms with Crippen LogP contribution in [0.2, 0.25) is 0 Å². The van der Waals surface area contributed by atoms with Crippen LogP contribution in [0.4, 0.5) is 0 Å². The summed E-state index contributed by atoms with van der Waals surface area (Å²) in [6.07, 6.45) is 3.74. The summed E-state index contributed by atoms with van der Waals surface area (Å²) in [5.74, 6) is 0.793. The molecule has 0 spiro atoms. The third kappa shape index (κ3) is 7.34. The summed E-state index contributed by atoms with van der Waals surface area (Å²) in [6.45, 7) is 10.1. The Morgan fingerprint density at radius 2 is 1.64 bits per heavy atom. The third-order valence-corrected chi connectivity index (χ3v) is 2.84. The van der Waals surface area contributed by atoms with Crippen LogP contribution in [0.15, 0.2) is 0 Å². The van der Waals surface area contributed by atoms with E-state index in [2.05, 4.69) is 39.6 Å². The summed E-state index contributed by atoms with van der Waals surface area (Å²) in [7, 11) is 2.20. The van der Waals surface area contributed by atoms with Crippen LogP contribution >= 0.6 is 0 Å². The molecule has 2 nitrogen and oxygen atoms in total. The minimum absolute atomic E-state index is 0.366. The van der Waals surface area contributed by atoms with E-state index >= 15 is 0 Å². The molecule has 0 aliphatic heterocycles. The molecule has 0 saturated carbocycles. The fourth-order valence-electron chi connectivity index (χ4n) is 1.58. The van der Waals surface area contributed by atoms with E-state index in [0.29, 0.717) is 12.1 Å². The van der Waals surface area contributed by atoms with Gasteiger partial charge in [-0.05, 0) is 46.6 Å². The Labute approximate surface area is 89.9 Å². The Kier molecular flexibility index (Phi) is 7.20. The van der Waals surface area contributed by atoms with E-state index < -0.39 is 0 Å². The fraction of sp³-hybridized carbons (Fsp3) is 1.00. The highest BCUT2D eigenvalue weighted by Crippen LogP contribution is 2.11. The Balaban J connectivity index is 3.50. The van der Waals surface area contributed by atoms with Crippen LogP contribution in [0.25, 0.3) is 0 Å². The van der Waals surface area contributed by atoms with Gasteiger partial charge in [0.25, 0.3) is 0 Å². The topological polar surface area (TPSA) is 29.3 Å². The third-order valence-electron chi connectivity index (χ3n) is 2.84. The standard InChI is InChI=1S/C12H28N2/c1-10(2)14(5)9-11(3)7-6-8-12(4)13/h10-12H,6-9,13H2,1-5H3. The molecule has 0 aromatic carbocycles. The van der Waals surface area contributed by atoms with Crippen molar-refractivity contribution in [3.8, 4) is 0 Å². The zero-order valence-corrected chi connectivity index (χ0v) is 10.6. The molecule has 86 valence electrons. The van der Waals surface area contributed by atoms with Crippen molar-refractivity contribution in [3.63, 3.8) is 0 Å². The minimum Gasteiger partial charge on any atom is -0.328 e. The highest BCUT2D eigenvalue weighted by atomic mass is 15.1. The predicted molar refractivity (Wildman–Crippen MR) is 64.4 cm³/mol. The molecule has 0 saturated heterocycles. The first-order valence-corrected chi connectivity index (χ1v) is 5.89. The minimum atomic E-state index is 0.366. The van der Waals surface area contributed by atoms with Crippen molar-refractivity contribution in [1.29, 1.82) is 0 Å². The maximum absolute atomic E-state index is 5.72. The van der Waals surface area contributed by atoms with Gasteiger partial charge in [-0.25, -0.2) is 0 Å². The molecular weight excluding hydrogens is 172 g/mol. The van der Waals surface area contributed by atoms with E-state index in [1.165, 1.54) is 19.4 Å². The maximum Gasteiger partial charge on any atom is 0.00356 e. The Hall–Kier alpha value is -0.0800. The van der Waals surface area contributed by atoms with Gasteiger partial charge in [0.15, 0.2) is 0 Å². The molecule has 0 aromatic heterocycles. The molecule has 0 fully saturated rings. The van der Waals surface area contributed by atoms with Crippen LogP contribution in [-0.4, -0.2) is 30.6 Å². The highest BCUT2D eigenvalue weighted by Gasteiger charge is 2.08. The first-order valence-electron chi connectivity index (χ1n) is 5.89. The van der Waals surface area contributed by atoms with Crippen LogP contribution in [0.5, 0.6) is 0 Å². The predicted octanol–water partition coefficient (Wildman–Crippen LogP) is 2.48. The second kappa shape index (κ2) is 7.24. The van der Waals surface area contributed by atoms with E-state index in [4.69, 9.17) is 5.73 Å². The van der Waals surface area contributed by atoms with E-state index in [1.807, 2.05) is 0 Å². The summed E-state index contributed by atoms with van der Waals surface area (Å²) >= 11 is 0. The molecule has 2 atom stereocenters. The molecule has 0 aromatic rings. The quantitative estimate of drug-likeness (QED) is 0.684. The van der Waals surface area contributed by atoms with Crippen molar-refractivity contribution in [3.05, 3.63) is 0 Å². The van der Waals surface area contributed by atoms with Crippen molar-refractivity contribution in [2.45, 2.75) is 59.0 Å². The smallest absolute Gasteiger partial charge is 0.00356 e. The van der Waals surface area contributed by atoms with Gasteiger partial charge >= 0.3 is 0 Å². The van der Waals surface area contributed by atoms with Crippen LogP contribution in [-0.2, 0) is 0 Å². The Bertz CT molecular complexity index is 132. The van der Waals surface area contributed by atoms with E-state index in [9.17, 15) is 0 Å². The molecule has 2 N–H and O–H groups in total. The van der Waals surface area contributed by atoms with Crippen molar-refractivity contribution < 1.29 is 0 Å².